The molecule has 0 aliphatic carbocycles. The van der Waals surface area contributed by atoms with Crippen molar-refractivity contribution < 1.29 is 5.11 Å². The Hall–Kier alpha value is -1.06. The Morgan fingerprint density at radius 2 is 1.94 bits per heavy atom. The molecule has 0 aromatic heterocycles. The number of aliphatic hydroxyl groups is 1. The Kier molecular flexibility index (Phi) is 7.46. The number of aliphatic hydroxyl groups excluding tert-OH is 1. The summed E-state index contributed by atoms with van der Waals surface area (Å²) in [7, 11) is 0. The van der Waals surface area contributed by atoms with Crippen molar-refractivity contribution in [3.05, 3.63) is 29.8 Å². The number of unbranched alkanes of at least 4 members (excludes halogenated alkanes) is 1. The average molecular weight is 250 g/mol. The summed E-state index contributed by atoms with van der Waals surface area (Å²) >= 11 is 0. The number of para-hydroxylation sites is 1. The van der Waals surface area contributed by atoms with Gasteiger partial charge in [0.15, 0.2) is 0 Å². The van der Waals surface area contributed by atoms with Gasteiger partial charge < -0.3 is 15.3 Å². The zero-order valence-electron chi connectivity index (χ0n) is 11.7. The van der Waals surface area contributed by atoms with E-state index in [0.717, 1.165) is 26.1 Å². The second kappa shape index (κ2) is 8.95. The molecular weight excluding hydrogens is 224 g/mol. The van der Waals surface area contributed by atoms with Crippen LogP contribution >= 0.6 is 0 Å². The highest BCUT2D eigenvalue weighted by atomic mass is 16.3. The van der Waals surface area contributed by atoms with Crippen molar-refractivity contribution in [3.63, 3.8) is 0 Å². The smallest absolute Gasteiger partial charge is 0.0606 e. The highest BCUT2D eigenvalue weighted by Crippen LogP contribution is 2.20. The summed E-state index contributed by atoms with van der Waals surface area (Å²) in [6, 6.07) is 8.46. The summed E-state index contributed by atoms with van der Waals surface area (Å²) < 4.78 is 0. The minimum absolute atomic E-state index is 0.208. The van der Waals surface area contributed by atoms with Crippen LogP contribution in [0.4, 0.5) is 5.69 Å². The third-order valence-electron chi connectivity index (χ3n) is 3.05. The molecule has 1 aromatic carbocycles. The van der Waals surface area contributed by atoms with Crippen LogP contribution in [0.5, 0.6) is 0 Å². The van der Waals surface area contributed by atoms with Crippen LogP contribution in [-0.2, 0) is 6.54 Å². The molecule has 0 saturated heterocycles. The van der Waals surface area contributed by atoms with Crippen molar-refractivity contribution in [1.82, 2.24) is 5.32 Å². The first-order valence-corrected chi connectivity index (χ1v) is 6.97. The molecule has 0 saturated carbocycles. The number of hydrogen-bond donors (Lipinski definition) is 2. The fourth-order valence-corrected chi connectivity index (χ4v) is 2.05. The second-order valence-electron chi connectivity index (χ2n) is 4.47. The molecule has 2 N–H and O–H groups in total. The van der Waals surface area contributed by atoms with E-state index in [0.29, 0.717) is 6.54 Å². The molecule has 3 heteroatoms. The number of anilines is 1. The number of nitrogens with one attached hydrogen (secondary N) is 1. The van der Waals surface area contributed by atoms with Gasteiger partial charge in [-0.15, -0.1) is 0 Å². The van der Waals surface area contributed by atoms with E-state index in [9.17, 15) is 5.11 Å². The van der Waals surface area contributed by atoms with Crippen LogP contribution in [0.25, 0.3) is 0 Å². The van der Waals surface area contributed by atoms with Gasteiger partial charge in [-0.3, -0.25) is 0 Å². The van der Waals surface area contributed by atoms with Crippen LogP contribution in [-0.4, -0.2) is 31.3 Å². The maximum absolute atomic E-state index is 9.21. The fourth-order valence-electron chi connectivity index (χ4n) is 2.05. The minimum Gasteiger partial charge on any atom is -0.395 e. The van der Waals surface area contributed by atoms with Gasteiger partial charge in [-0.25, -0.2) is 0 Å². The Bertz CT molecular complexity index is 328. The van der Waals surface area contributed by atoms with E-state index in [2.05, 4.69) is 48.3 Å². The van der Waals surface area contributed by atoms with E-state index in [1.807, 2.05) is 0 Å². The minimum atomic E-state index is 0.208. The van der Waals surface area contributed by atoms with Crippen LogP contribution in [0.15, 0.2) is 24.3 Å². The first-order valence-electron chi connectivity index (χ1n) is 6.97. The molecule has 0 amide bonds. The standard InChI is InChI=1S/C15H26N2O/c1-3-5-10-17(11-12-18)15-9-7-6-8-14(15)13-16-4-2/h6-9,16,18H,3-5,10-13H2,1-2H3. The molecule has 0 unspecified atom stereocenters. The Balaban J connectivity index is 2.80. The van der Waals surface area contributed by atoms with Crippen molar-refractivity contribution in [2.45, 2.75) is 33.2 Å². The molecule has 1 aromatic rings. The molecule has 0 fully saturated rings. The maximum atomic E-state index is 9.21. The lowest BCUT2D eigenvalue weighted by atomic mass is 10.1. The summed E-state index contributed by atoms with van der Waals surface area (Å²) in [5.74, 6) is 0. The summed E-state index contributed by atoms with van der Waals surface area (Å²) in [5.41, 5.74) is 2.56. The summed E-state index contributed by atoms with van der Waals surface area (Å²) in [6.45, 7) is 8.11. The first kappa shape index (κ1) is 15.0. The van der Waals surface area contributed by atoms with Gasteiger partial charge in [0.25, 0.3) is 0 Å². The zero-order chi connectivity index (χ0) is 13.2. The number of hydrogen-bond acceptors (Lipinski definition) is 3. The zero-order valence-corrected chi connectivity index (χ0v) is 11.7. The maximum Gasteiger partial charge on any atom is 0.0606 e. The van der Waals surface area contributed by atoms with E-state index in [1.165, 1.54) is 17.7 Å². The van der Waals surface area contributed by atoms with Crippen molar-refractivity contribution in [3.8, 4) is 0 Å². The quantitative estimate of drug-likeness (QED) is 0.706. The van der Waals surface area contributed by atoms with Gasteiger partial charge in [0.1, 0.15) is 0 Å². The molecule has 0 heterocycles. The molecule has 0 spiro atoms. The topological polar surface area (TPSA) is 35.5 Å². The summed E-state index contributed by atoms with van der Waals surface area (Å²) in [6.07, 6.45) is 2.34. The Labute approximate surface area is 111 Å². The van der Waals surface area contributed by atoms with Gasteiger partial charge in [-0.1, -0.05) is 38.5 Å². The number of benzene rings is 1. The lowest BCUT2D eigenvalue weighted by molar-refractivity contribution is 0.301. The van der Waals surface area contributed by atoms with Gasteiger partial charge >= 0.3 is 0 Å². The predicted molar refractivity (Wildman–Crippen MR) is 78.0 cm³/mol. The monoisotopic (exact) mass is 250 g/mol. The molecular formula is C15H26N2O. The Morgan fingerprint density at radius 1 is 1.17 bits per heavy atom. The summed E-state index contributed by atoms with van der Waals surface area (Å²) in [5, 5.41) is 12.6. The van der Waals surface area contributed by atoms with E-state index < -0.39 is 0 Å². The highest BCUT2D eigenvalue weighted by molar-refractivity contribution is 5.53. The SMILES string of the molecule is CCCCN(CCO)c1ccccc1CNCC. The van der Waals surface area contributed by atoms with Crippen molar-refractivity contribution in [1.29, 1.82) is 0 Å². The molecule has 0 bridgehead atoms. The second-order valence-corrected chi connectivity index (χ2v) is 4.47. The van der Waals surface area contributed by atoms with Crippen LogP contribution in [0.1, 0.15) is 32.3 Å². The number of nitrogens with zero attached hydrogens (tertiary/aromatic N) is 1. The predicted octanol–water partition coefficient (Wildman–Crippen LogP) is 2.39. The summed E-state index contributed by atoms with van der Waals surface area (Å²) in [4.78, 5) is 2.29. The molecule has 1 rings (SSSR count). The van der Waals surface area contributed by atoms with Crippen LogP contribution in [0.3, 0.4) is 0 Å². The van der Waals surface area contributed by atoms with Crippen molar-refractivity contribution in [2.24, 2.45) is 0 Å². The lowest BCUT2D eigenvalue weighted by Crippen LogP contribution is -2.29. The van der Waals surface area contributed by atoms with Crippen LogP contribution in [0, 0.1) is 0 Å². The van der Waals surface area contributed by atoms with E-state index in [1.54, 1.807) is 0 Å². The first-order chi connectivity index (χ1) is 8.83. The molecule has 0 radical (unpaired) electrons. The molecule has 102 valence electrons. The van der Waals surface area contributed by atoms with Crippen LogP contribution in [0.2, 0.25) is 0 Å². The van der Waals surface area contributed by atoms with Gasteiger partial charge in [0.05, 0.1) is 6.61 Å². The largest absolute Gasteiger partial charge is 0.395 e. The van der Waals surface area contributed by atoms with Crippen LogP contribution < -0.4 is 10.2 Å². The van der Waals surface area contributed by atoms with E-state index >= 15 is 0 Å². The van der Waals surface area contributed by atoms with Gasteiger partial charge in [0.2, 0.25) is 0 Å². The van der Waals surface area contributed by atoms with Crippen molar-refractivity contribution in [2.75, 3.05) is 31.1 Å². The molecule has 0 atom stereocenters. The molecule has 3 nitrogen and oxygen atoms in total. The average Bonchev–Trinajstić information content (AvgIpc) is 2.41. The normalized spacial score (nSPS) is 10.6. The van der Waals surface area contributed by atoms with Gasteiger partial charge in [-0.2, -0.15) is 0 Å². The molecule has 0 aliphatic heterocycles. The van der Waals surface area contributed by atoms with Gasteiger partial charge in [-0.05, 0) is 24.6 Å². The fraction of sp³-hybridized carbons (Fsp3) is 0.600. The van der Waals surface area contributed by atoms with E-state index in [4.69, 9.17) is 0 Å². The van der Waals surface area contributed by atoms with Crippen molar-refractivity contribution >= 4 is 5.69 Å². The number of rotatable bonds is 9. The molecule has 18 heavy (non-hydrogen) atoms. The van der Waals surface area contributed by atoms with Gasteiger partial charge in [0, 0.05) is 25.3 Å². The highest BCUT2D eigenvalue weighted by Gasteiger charge is 2.09. The van der Waals surface area contributed by atoms with E-state index in [-0.39, 0.29) is 6.61 Å². The third kappa shape index (κ3) is 4.67. The third-order valence-corrected chi connectivity index (χ3v) is 3.05. The Morgan fingerprint density at radius 3 is 2.61 bits per heavy atom. The molecule has 0 aliphatic rings. The lowest BCUT2D eigenvalue weighted by Gasteiger charge is -2.26.